The Morgan fingerprint density at radius 2 is 1.81 bits per heavy atom. The minimum absolute atomic E-state index is 0.185. The highest BCUT2D eigenvalue weighted by atomic mass is 32.2. The summed E-state index contributed by atoms with van der Waals surface area (Å²) < 4.78 is 35.9. The van der Waals surface area contributed by atoms with Gasteiger partial charge in [0, 0.05) is 5.69 Å². The van der Waals surface area contributed by atoms with Crippen LogP contribution < -0.4 is 15.8 Å². The summed E-state index contributed by atoms with van der Waals surface area (Å²) >= 11 is 0. The lowest BCUT2D eigenvalue weighted by molar-refractivity contribution is 0.215. The lowest BCUT2D eigenvalue weighted by atomic mass is 10.3. The highest BCUT2D eigenvalue weighted by molar-refractivity contribution is 7.86. The van der Waals surface area contributed by atoms with Crippen LogP contribution in [0.25, 0.3) is 0 Å². The van der Waals surface area contributed by atoms with Crippen molar-refractivity contribution in [2.45, 2.75) is 4.90 Å². The molecule has 0 saturated heterocycles. The van der Waals surface area contributed by atoms with E-state index in [2.05, 4.69) is 5.32 Å². The molecule has 2 aromatic rings. The molecule has 0 saturated carbocycles. The van der Waals surface area contributed by atoms with Gasteiger partial charge in [-0.15, -0.1) is 0 Å². The van der Waals surface area contributed by atoms with Gasteiger partial charge in [-0.3, -0.25) is 9.87 Å². The molecule has 0 aliphatic rings. The molecule has 0 heterocycles. The molecular formula is C13H12N2O5S. The van der Waals surface area contributed by atoms with Crippen molar-refractivity contribution in [3.05, 3.63) is 48.5 Å². The van der Waals surface area contributed by atoms with E-state index in [9.17, 15) is 13.2 Å². The van der Waals surface area contributed by atoms with Gasteiger partial charge in [-0.1, -0.05) is 18.2 Å². The van der Waals surface area contributed by atoms with Crippen LogP contribution >= 0.6 is 0 Å². The van der Waals surface area contributed by atoms with Crippen LogP contribution in [-0.4, -0.2) is 19.1 Å². The molecule has 7 nitrogen and oxygen atoms in total. The first-order valence-electron chi connectivity index (χ1n) is 5.77. The van der Waals surface area contributed by atoms with Crippen LogP contribution in [0, 0.1) is 0 Å². The number of hydrogen-bond donors (Lipinski definition) is 3. The predicted molar refractivity (Wildman–Crippen MR) is 76.8 cm³/mol. The van der Waals surface area contributed by atoms with Gasteiger partial charge in [-0.25, -0.2) is 4.79 Å². The zero-order chi connectivity index (χ0) is 15.5. The lowest BCUT2D eigenvalue weighted by Crippen LogP contribution is -2.17. The smallest absolute Gasteiger partial charge is 0.410 e. The molecule has 0 fully saturated rings. The second kappa shape index (κ2) is 5.81. The van der Waals surface area contributed by atoms with Crippen molar-refractivity contribution in [3.8, 4) is 5.75 Å². The topological polar surface area (TPSA) is 119 Å². The molecule has 21 heavy (non-hydrogen) atoms. The first kappa shape index (κ1) is 14.8. The fourth-order valence-electron chi connectivity index (χ4n) is 1.60. The zero-order valence-corrected chi connectivity index (χ0v) is 11.5. The Morgan fingerprint density at radius 3 is 2.38 bits per heavy atom. The van der Waals surface area contributed by atoms with Crippen molar-refractivity contribution in [2.24, 2.45) is 0 Å². The second-order valence-corrected chi connectivity index (χ2v) is 5.45. The Bertz CT molecular complexity index is 759. The van der Waals surface area contributed by atoms with Crippen LogP contribution in [0.4, 0.5) is 16.2 Å². The molecular weight excluding hydrogens is 296 g/mol. The number of nitrogen functional groups attached to an aromatic ring is 1. The average Bonchev–Trinajstić information content (AvgIpc) is 2.38. The van der Waals surface area contributed by atoms with Crippen molar-refractivity contribution in [2.75, 3.05) is 11.1 Å². The second-order valence-electron chi connectivity index (χ2n) is 4.06. The predicted octanol–water partition coefficient (Wildman–Crippen LogP) is 2.13. The molecule has 0 aliphatic carbocycles. The Balaban J connectivity index is 2.10. The van der Waals surface area contributed by atoms with Gasteiger partial charge in [-0.2, -0.15) is 8.42 Å². The molecule has 8 heteroatoms. The standard InChI is InChI=1S/C13H12N2O5S/c14-11-8-9(6-7-12(11)21(17,18)19)15-13(16)20-10-4-2-1-3-5-10/h1-8H,14H2,(H,15,16)(H,17,18,19). The largest absolute Gasteiger partial charge is 0.417 e. The number of carbonyl (C=O) groups is 1. The van der Waals surface area contributed by atoms with E-state index in [0.717, 1.165) is 6.07 Å². The normalized spacial score (nSPS) is 10.9. The van der Waals surface area contributed by atoms with Crippen LogP contribution in [0.3, 0.4) is 0 Å². The van der Waals surface area contributed by atoms with E-state index in [4.69, 9.17) is 15.0 Å². The molecule has 4 N–H and O–H groups in total. The third-order valence-electron chi connectivity index (χ3n) is 2.49. The number of ether oxygens (including phenoxy) is 1. The van der Waals surface area contributed by atoms with E-state index in [0.29, 0.717) is 5.75 Å². The van der Waals surface area contributed by atoms with E-state index in [1.165, 1.54) is 12.1 Å². The quantitative estimate of drug-likeness (QED) is 0.590. The Kier molecular flexibility index (Phi) is 4.10. The summed E-state index contributed by atoms with van der Waals surface area (Å²) in [6, 6.07) is 12.0. The molecule has 110 valence electrons. The van der Waals surface area contributed by atoms with E-state index in [1.807, 2.05) is 0 Å². The molecule has 1 amide bonds. The highest BCUT2D eigenvalue weighted by Gasteiger charge is 2.14. The summed E-state index contributed by atoms with van der Waals surface area (Å²) in [5, 5.41) is 2.39. The third kappa shape index (κ3) is 3.94. The van der Waals surface area contributed by atoms with Gasteiger partial charge in [0.05, 0.1) is 5.69 Å². The number of amides is 1. The van der Waals surface area contributed by atoms with Crippen molar-refractivity contribution >= 4 is 27.6 Å². The number of benzene rings is 2. The molecule has 0 atom stereocenters. The number of rotatable bonds is 3. The summed E-state index contributed by atoms with van der Waals surface area (Å²) in [5.74, 6) is 0.359. The number of anilines is 2. The van der Waals surface area contributed by atoms with Crippen LogP contribution in [0.5, 0.6) is 5.75 Å². The maximum atomic E-state index is 11.6. The van der Waals surface area contributed by atoms with Gasteiger partial charge in [0.1, 0.15) is 10.6 Å². The molecule has 0 aliphatic heterocycles. The molecule has 2 aromatic carbocycles. The molecule has 0 radical (unpaired) electrons. The summed E-state index contributed by atoms with van der Waals surface area (Å²) in [4.78, 5) is 11.2. The molecule has 0 bridgehead atoms. The van der Waals surface area contributed by atoms with E-state index in [-0.39, 0.29) is 11.4 Å². The van der Waals surface area contributed by atoms with Crippen LogP contribution in [0.1, 0.15) is 0 Å². The number of nitrogens with two attached hydrogens (primary N) is 1. The van der Waals surface area contributed by atoms with Crippen molar-refractivity contribution < 1.29 is 22.5 Å². The molecule has 0 unspecified atom stereocenters. The lowest BCUT2D eigenvalue weighted by Gasteiger charge is -2.08. The minimum atomic E-state index is -4.40. The number of hydrogen-bond acceptors (Lipinski definition) is 5. The van der Waals surface area contributed by atoms with Gasteiger partial charge in [0.15, 0.2) is 0 Å². The van der Waals surface area contributed by atoms with Crippen LogP contribution in [-0.2, 0) is 10.1 Å². The van der Waals surface area contributed by atoms with Gasteiger partial charge in [0.25, 0.3) is 10.1 Å². The highest BCUT2D eigenvalue weighted by Crippen LogP contribution is 2.22. The minimum Gasteiger partial charge on any atom is -0.410 e. The SMILES string of the molecule is Nc1cc(NC(=O)Oc2ccccc2)ccc1S(=O)(=O)O. The van der Waals surface area contributed by atoms with E-state index in [1.54, 1.807) is 30.3 Å². The zero-order valence-electron chi connectivity index (χ0n) is 10.7. The monoisotopic (exact) mass is 308 g/mol. The van der Waals surface area contributed by atoms with E-state index < -0.39 is 21.1 Å². The third-order valence-corrected chi connectivity index (χ3v) is 3.42. The molecule has 0 aromatic heterocycles. The summed E-state index contributed by atoms with van der Waals surface area (Å²) in [6.45, 7) is 0. The van der Waals surface area contributed by atoms with E-state index >= 15 is 0 Å². The van der Waals surface area contributed by atoms with Crippen LogP contribution in [0.2, 0.25) is 0 Å². The van der Waals surface area contributed by atoms with Crippen molar-refractivity contribution in [1.29, 1.82) is 0 Å². The fourth-order valence-corrected chi connectivity index (χ4v) is 2.20. The molecule has 2 rings (SSSR count). The molecule has 0 spiro atoms. The number of para-hydroxylation sites is 1. The average molecular weight is 308 g/mol. The van der Waals surface area contributed by atoms with Crippen molar-refractivity contribution in [3.63, 3.8) is 0 Å². The van der Waals surface area contributed by atoms with Crippen molar-refractivity contribution in [1.82, 2.24) is 0 Å². The summed E-state index contributed by atoms with van der Waals surface area (Å²) in [7, 11) is -4.40. The fraction of sp³-hybridized carbons (Fsp3) is 0. The van der Waals surface area contributed by atoms with Gasteiger partial charge >= 0.3 is 6.09 Å². The van der Waals surface area contributed by atoms with Gasteiger partial charge in [-0.05, 0) is 30.3 Å². The Morgan fingerprint density at radius 1 is 1.14 bits per heavy atom. The Labute approximate surface area is 121 Å². The first-order chi connectivity index (χ1) is 9.86. The Hall–Kier alpha value is -2.58. The van der Waals surface area contributed by atoms with Gasteiger partial charge < -0.3 is 10.5 Å². The number of carbonyl (C=O) groups excluding carboxylic acids is 1. The number of nitrogens with one attached hydrogen (secondary N) is 1. The summed E-state index contributed by atoms with van der Waals surface area (Å²) in [5.41, 5.74) is 5.56. The maximum Gasteiger partial charge on any atom is 0.417 e. The first-order valence-corrected chi connectivity index (χ1v) is 7.21. The van der Waals surface area contributed by atoms with Crippen LogP contribution in [0.15, 0.2) is 53.4 Å². The summed E-state index contributed by atoms with van der Waals surface area (Å²) in [6.07, 6.45) is -0.750. The van der Waals surface area contributed by atoms with Gasteiger partial charge in [0.2, 0.25) is 0 Å². The maximum absolute atomic E-state index is 11.6.